The van der Waals surface area contributed by atoms with Crippen LogP contribution < -0.4 is 20.3 Å². The van der Waals surface area contributed by atoms with Crippen molar-refractivity contribution in [3.05, 3.63) is 87.9 Å². The molecule has 0 saturated heterocycles. The van der Waals surface area contributed by atoms with E-state index in [1.165, 1.54) is 30.6 Å². The van der Waals surface area contributed by atoms with Crippen LogP contribution >= 0.6 is 0 Å². The minimum absolute atomic E-state index is 0.133. The fraction of sp³-hybridized carbons (Fsp3) is 0.292. The molecule has 3 heterocycles. The Morgan fingerprint density at radius 3 is 2.60 bits per heavy atom. The number of carbonyl (C=O) groups excluding carboxylic acids is 1. The molecule has 0 bridgehead atoms. The first-order valence-electron chi connectivity index (χ1n) is 10.8. The Bertz CT molecular complexity index is 1330. The summed E-state index contributed by atoms with van der Waals surface area (Å²) >= 11 is 0. The second-order valence-electron chi connectivity index (χ2n) is 8.66. The Morgan fingerprint density at radius 2 is 1.97 bits per heavy atom. The van der Waals surface area contributed by atoms with Crippen LogP contribution in [0, 0.1) is 5.82 Å². The predicted octanol–water partition coefficient (Wildman–Crippen LogP) is 4.19. The molecule has 35 heavy (non-hydrogen) atoms. The number of alkyl halides is 3. The highest BCUT2D eigenvalue weighted by molar-refractivity contribution is 5.94. The van der Waals surface area contributed by atoms with E-state index in [2.05, 4.69) is 20.0 Å². The second-order valence-corrected chi connectivity index (χ2v) is 8.66. The SMILES string of the molecule is O=C(N[C@]1(c2ccc(OC(F)(F)F)c(F)c2)CC2(CCC2)Oc2cccnc21)c1ccc(=O)[nH]c1. The number of amides is 1. The van der Waals surface area contributed by atoms with Crippen LogP contribution in [0.5, 0.6) is 11.5 Å². The van der Waals surface area contributed by atoms with Gasteiger partial charge >= 0.3 is 6.36 Å². The van der Waals surface area contributed by atoms with Crippen LogP contribution in [0.3, 0.4) is 0 Å². The van der Waals surface area contributed by atoms with Crippen molar-refractivity contribution in [2.45, 2.75) is 43.2 Å². The first-order valence-corrected chi connectivity index (χ1v) is 10.8. The van der Waals surface area contributed by atoms with Crippen molar-refractivity contribution in [1.82, 2.24) is 15.3 Å². The van der Waals surface area contributed by atoms with Gasteiger partial charge in [-0.05, 0) is 55.2 Å². The van der Waals surface area contributed by atoms with Gasteiger partial charge in [0.2, 0.25) is 5.56 Å². The minimum atomic E-state index is -5.07. The number of fused-ring (bicyclic) bond motifs is 1. The lowest BCUT2D eigenvalue weighted by Crippen LogP contribution is -2.59. The number of halogens is 4. The van der Waals surface area contributed by atoms with Crippen molar-refractivity contribution in [1.29, 1.82) is 0 Å². The molecule has 0 radical (unpaired) electrons. The molecule has 7 nitrogen and oxygen atoms in total. The lowest BCUT2D eigenvalue weighted by atomic mass is 9.66. The zero-order valence-corrected chi connectivity index (χ0v) is 18.1. The van der Waals surface area contributed by atoms with E-state index in [9.17, 15) is 27.2 Å². The number of pyridine rings is 2. The van der Waals surface area contributed by atoms with Gasteiger partial charge in [-0.1, -0.05) is 6.07 Å². The number of carbonyl (C=O) groups is 1. The predicted molar refractivity (Wildman–Crippen MR) is 114 cm³/mol. The summed E-state index contributed by atoms with van der Waals surface area (Å²) in [7, 11) is 0. The summed E-state index contributed by atoms with van der Waals surface area (Å²) in [5.74, 6) is -2.44. The molecule has 1 aliphatic carbocycles. The zero-order chi connectivity index (χ0) is 24.8. The lowest BCUT2D eigenvalue weighted by Gasteiger charge is -2.52. The van der Waals surface area contributed by atoms with Crippen molar-refractivity contribution in [2.24, 2.45) is 0 Å². The molecule has 5 rings (SSSR count). The number of nitrogens with one attached hydrogen (secondary N) is 2. The third-order valence-corrected chi connectivity index (χ3v) is 6.38. The fourth-order valence-corrected chi connectivity index (χ4v) is 4.69. The Kier molecular flexibility index (Phi) is 5.30. The summed E-state index contributed by atoms with van der Waals surface area (Å²) < 4.78 is 62.9. The van der Waals surface area contributed by atoms with E-state index in [-0.39, 0.29) is 17.5 Å². The average molecular weight is 489 g/mol. The average Bonchev–Trinajstić information content (AvgIpc) is 2.78. The first-order chi connectivity index (χ1) is 16.6. The zero-order valence-electron chi connectivity index (χ0n) is 18.1. The highest BCUT2D eigenvalue weighted by Crippen LogP contribution is 2.53. The van der Waals surface area contributed by atoms with Gasteiger partial charge in [-0.25, -0.2) is 4.39 Å². The molecule has 1 atom stereocenters. The first kappa shape index (κ1) is 22.9. The van der Waals surface area contributed by atoms with E-state index in [0.29, 0.717) is 24.3 Å². The van der Waals surface area contributed by atoms with Gasteiger partial charge in [-0.15, -0.1) is 13.2 Å². The number of hydrogen-bond donors (Lipinski definition) is 2. The highest BCUT2D eigenvalue weighted by Gasteiger charge is 2.55. The van der Waals surface area contributed by atoms with Crippen molar-refractivity contribution >= 4 is 5.91 Å². The molecule has 2 aliphatic rings. The summed E-state index contributed by atoms with van der Waals surface area (Å²) in [5, 5.41) is 2.93. The fourth-order valence-electron chi connectivity index (χ4n) is 4.69. The molecule has 2 aromatic heterocycles. The van der Waals surface area contributed by atoms with Crippen molar-refractivity contribution < 1.29 is 31.8 Å². The molecule has 1 spiro atoms. The van der Waals surface area contributed by atoms with Crippen LogP contribution in [0.25, 0.3) is 0 Å². The van der Waals surface area contributed by atoms with Gasteiger partial charge in [0.05, 0.1) is 5.56 Å². The summed E-state index contributed by atoms with van der Waals surface area (Å²) in [5.41, 5.74) is -1.89. The molecule has 1 amide bonds. The topological polar surface area (TPSA) is 93.3 Å². The van der Waals surface area contributed by atoms with Crippen LogP contribution in [0.2, 0.25) is 0 Å². The molecular weight excluding hydrogens is 470 g/mol. The van der Waals surface area contributed by atoms with Gasteiger partial charge in [0.25, 0.3) is 5.91 Å². The van der Waals surface area contributed by atoms with Crippen molar-refractivity contribution in [2.75, 3.05) is 0 Å². The normalized spacial score (nSPS) is 20.3. The maximum atomic E-state index is 14.8. The number of nitrogens with zero attached hydrogens (tertiary/aromatic N) is 1. The van der Waals surface area contributed by atoms with E-state index in [1.807, 2.05) is 0 Å². The van der Waals surface area contributed by atoms with Crippen molar-refractivity contribution in [3.8, 4) is 11.5 Å². The maximum Gasteiger partial charge on any atom is 0.573 e. The number of rotatable bonds is 4. The Hall–Kier alpha value is -3.89. The van der Waals surface area contributed by atoms with Crippen LogP contribution in [0.1, 0.15) is 47.3 Å². The lowest BCUT2D eigenvalue weighted by molar-refractivity contribution is -0.275. The van der Waals surface area contributed by atoms with Crippen molar-refractivity contribution in [3.63, 3.8) is 0 Å². The van der Waals surface area contributed by atoms with Gasteiger partial charge in [0.1, 0.15) is 22.6 Å². The number of H-pyrrole nitrogens is 1. The number of benzene rings is 1. The smallest absolute Gasteiger partial charge is 0.485 e. The minimum Gasteiger partial charge on any atom is -0.485 e. The monoisotopic (exact) mass is 489 g/mol. The Balaban J connectivity index is 1.65. The van der Waals surface area contributed by atoms with Gasteiger partial charge in [0, 0.05) is 24.9 Å². The van der Waals surface area contributed by atoms with Gasteiger partial charge in [-0.3, -0.25) is 14.6 Å². The molecule has 182 valence electrons. The van der Waals surface area contributed by atoms with Crippen LogP contribution in [0.4, 0.5) is 17.6 Å². The van der Waals surface area contributed by atoms with E-state index < -0.39 is 40.5 Å². The van der Waals surface area contributed by atoms with Crippen LogP contribution in [-0.4, -0.2) is 27.8 Å². The third-order valence-electron chi connectivity index (χ3n) is 6.38. The molecule has 1 aliphatic heterocycles. The van der Waals surface area contributed by atoms with Gasteiger partial charge in [0.15, 0.2) is 11.6 Å². The van der Waals surface area contributed by atoms with E-state index in [4.69, 9.17) is 4.74 Å². The summed E-state index contributed by atoms with van der Waals surface area (Å²) in [6.07, 6.45) is 0.0691. The number of ether oxygens (including phenoxy) is 2. The quantitative estimate of drug-likeness (QED) is 0.537. The molecule has 1 aromatic carbocycles. The molecule has 1 fully saturated rings. The van der Waals surface area contributed by atoms with Gasteiger partial charge < -0.3 is 19.8 Å². The highest BCUT2D eigenvalue weighted by atomic mass is 19.4. The number of hydrogen-bond acceptors (Lipinski definition) is 5. The molecule has 11 heteroatoms. The van der Waals surface area contributed by atoms with E-state index in [1.54, 1.807) is 12.1 Å². The molecule has 3 aromatic rings. The number of aromatic nitrogens is 2. The Labute approximate surface area is 196 Å². The van der Waals surface area contributed by atoms with Crippen LogP contribution in [-0.2, 0) is 5.54 Å². The largest absolute Gasteiger partial charge is 0.573 e. The van der Waals surface area contributed by atoms with Gasteiger partial charge in [-0.2, -0.15) is 0 Å². The molecular formula is C24H19F4N3O4. The third kappa shape index (κ3) is 4.22. The van der Waals surface area contributed by atoms with E-state index in [0.717, 1.165) is 18.6 Å². The standard InChI is InChI=1S/C24H19F4N3O4/c25-16-11-15(5-6-17(16)35-24(26,27)28)23(31-21(33)14-4-7-19(32)30-12-14)13-22(8-2-9-22)34-18-3-1-10-29-20(18)23/h1,3-7,10-12H,2,8-9,13H2,(H,30,32)(H,31,33)/t23-/m0/s1. The maximum absolute atomic E-state index is 14.8. The van der Waals surface area contributed by atoms with E-state index >= 15 is 0 Å². The number of aromatic amines is 1. The molecule has 1 saturated carbocycles. The summed E-state index contributed by atoms with van der Waals surface area (Å²) in [6.45, 7) is 0. The summed E-state index contributed by atoms with van der Waals surface area (Å²) in [6, 6.07) is 8.91. The second kappa shape index (κ2) is 8.10. The summed E-state index contributed by atoms with van der Waals surface area (Å²) in [4.78, 5) is 31.6. The van der Waals surface area contributed by atoms with Crippen LogP contribution in [0.15, 0.2) is 59.7 Å². The molecule has 0 unspecified atom stereocenters. The molecule has 2 N–H and O–H groups in total. The Morgan fingerprint density at radius 1 is 1.17 bits per heavy atom.